The third-order valence-corrected chi connectivity index (χ3v) is 5.48. The summed E-state index contributed by atoms with van der Waals surface area (Å²) in [5.74, 6) is -0.335. The van der Waals surface area contributed by atoms with Gasteiger partial charge >= 0.3 is 0 Å². The average Bonchev–Trinajstić information content (AvgIpc) is 2.56. The topological polar surface area (TPSA) is 98.5 Å². The second kappa shape index (κ2) is 8.18. The van der Waals surface area contributed by atoms with Crippen molar-refractivity contribution in [2.24, 2.45) is 5.73 Å². The molecule has 0 spiro atoms. The van der Waals surface area contributed by atoms with Gasteiger partial charge in [0.05, 0.1) is 16.0 Å². The molecule has 3 N–H and O–H groups in total. The third kappa shape index (κ3) is 4.94. The fourth-order valence-corrected chi connectivity index (χ4v) is 3.80. The Morgan fingerprint density at radius 2 is 1.92 bits per heavy atom. The minimum absolute atomic E-state index is 0.0838. The third-order valence-electron chi connectivity index (χ3n) is 3.26. The van der Waals surface area contributed by atoms with E-state index in [9.17, 15) is 13.2 Å². The Morgan fingerprint density at radius 3 is 2.48 bits per heavy atom. The van der Waals surface area contributed by atoms with Gasteiger partial charge in [-0.15, -0.1) is 0 Å². The lowest BCUT2D eigenvalue weighted by Crippen LogP contribution is -2.38. The Kier molecular flexibility index (Phi) is 6.45. The monoisotopic (exact) mass is 446 g/mol. The van der Waals surface area contributed by atoms with Crippen molar-refractivity contribution in [2.45, 2.75) is 17.9 Å². The van der Waals surface area contributed by atoms with Crippen molar-refractivity contribution in [3.05, 3.63) is 57.5 Å². The molecule has 134 valence electrons. The van der Waals surface area contributed by atoms with E-state index in [1.165, 1.54) is 18.2 Å². The van der Waals surface area contributed by atoms with Crippen LogP contribution in [0.5, 0.6) is 5.75 Å². The zero-order valence-corrected chi connectivity index (χ0v) is 16.4. The number of halogens is 2. The minimum Gasteiger partial charge on any atom is -0.493 e. The molecule has 1 atom stereocenters. The van der Waals surface area contributed by atoms with Crippen LogP contribution in [0.3, 0.4) is 0 Å². The van der Waals surface area contributed by atoms with Gasteiger partial charge in [0.1, 0.15) is 11.8 Å². The van der Waals surface area contributed by atoms with Gasteiger partial charge in [0.2, 0.25) is 0 Å². The fourth-order valence-electron chi connectivity index (χ4n) is 2.00. The van der Waals surface area contributed by atoms with E-state index in [1.807, 2.05) is 11.6 Å². The first-order valence-corrected chi connectivity index (χ1v) is 9.90. The highest BCUT2D eigenvalue weighted by Gasteiger charge is 2.24. The smallest absolute Gasteiger partial charge is 0.264 e. The molecule has 0 aliphatic heterocycles. The Bertz CT molecular complexity index is 872. The molecular formula is C16H16BrClN2O4S. The van der Waals surface area contributed by atoms with Crippen LogP contribution in [0.1, 0.15) is 18.5 Å². The zero-order chi connectivity index (χ0) is 18.6. The van der Waals surface area contributed by atoms with E-state index in [1.54, 1.807) is 24.3 Å². The molecule has 0 aliphatic carbocycles. The molecule has 0 saturated heterocycles. The number of carbonyl (C=O) groups is 1. The normalized spacial score (nSPS) is 12.5. The SMILES string of the molecule is CCOc1ccc(S(=O)(=O)NC(=O)C(N)c2ccc(Cl)cc2)cc1Br. The number of carbonyl (C=O) groups excluding carboxylic acids is 1. The van der Waals surface area contributed by atoms with E-state index in [0.717, 1.165) is 0 Å². The van der Waals surface area contributed by atoms with Gasteiger partial charge in [-0.05, 0) is 58.7 Å². The van der Waals surface area contributed by atoms with Crippen molar-refractivity contribution in [3.63, 3.8) is 0 Å². The quantitative estimate of drug-likeness (QED) is 0.709. The summed E-state index contributed by atoms with van der Waals surface area (Å²) in [6.07, 6.45) is 0. The second-order valence-corrected chi connectivity index (χ2v) is 8.00. The molecule has 0 fully saturated rings. The van der Waals surface area contributed by atoms with E-state index in [0.29, 0.717) is 27.4 Å². The van der Waals surface area contributed by atoms with Crippen LogP contribution in [0, 0.1) is 0 Å². The summed E-state index contributed by atoms with van der Waals surface area (Å²) in [6, 6.07) is 9.33. The predicted molar refractivity (Wildman–Crippen MR) is 99.0 cm³/mol. The highest BCUT2D eigenvalue weighted by Crippen LogP contribution is 2.28. The summed E-state index contributed by atoms with van der Waals surface area (Å²) in [5, 5.41) is 0.489. The molecule has 2 aromatic carbocycles. The molecule has 1 amide bonds. The van der Waals surface area contributed by atoms with E-state index >= 15 is 0 Å². The number of hydrogen-bond acceptors (Lipinski definition) is 5. The molecule has 9 heteroatoms. The molecule has 0 saturated carbocycles. The van der Waals surface area contributed by atoms with Gasteiger partial charge in [0, 0.05) is 5.02 Å². The lowest BCUT2D eigenvalue weighted by molar-refractivity contribution is -0.120. The Balaban J connectivity index is 2.18. The van der Waals surface area contributed by atoms with Crippen molar-refractivity contribution >= 4 is 43.5 Å². The van der Waals surface area contributed by atoms with Crippen molar-refractivity contribution in [2.75, 3.05) is 6.61 Å². The van der Waals surface area contributed by atoms with Crippen molar-refractivity contribution in [3.8, 4) is 5.75 Å². The van der Waals surface area contributed by atoms with E-state index in [-0.39, 0.29) is 4.90 Å². The van der Waals surface area contributed by atoms with Gasteiger partial charge in [0.15, 0.2) is 0 Å². The molecule has 2 rings (SSSR count). The molecule has 25 heavy (non-hydrogen) atoms. The predicted octanol–water partition coefficient (Wildman–Crippen LogP) is 3.01. The lowest BCUT2D eigenvalue weighted by Gasteiger charge is -2.14. The second-order valence-electron chi connectivity index (χ2n) is 5.02. The highest BCUT2D eigenvalue weighted by molar-refractivity contribution is 9.10. The van der Waals surface area contributed by atoms with E-state index < -0.39 is 22.0 Å². The van der Waals surface area contributed by atoms with Gasteiger partial charge in [-0.3, -0.25) is 4.79 Å². The van der Waals surface area contributed by atoms with Crippen molar-refractivity contribution < 1.29 is 17.9 Å². The number of nitrogens with one attached hydrogen (secondary N) is 1. The molecule has 0 aliphatic rings. The van der Waals surface area contributed by atoms with Crippen LogP contribution in [0.15, 0.2) is 51.8 Å². The van der Waals surface area contributed by atoms with Gasteiger partial charge in [-0.2, -0.15) is 0 Å². The number of hydrogen-bond donors (Lipinski definition) is 2. The summed E-state index contributed by atoms with van der Waals surface area (Å²) in [4.78, 5) is 12.1. The Labute approximate surface area is 159 Å². The Hall–Kier alpha value is -1.61. The van der Waals surface area contributed by atoms with Gasteiger partial charge in [-0.25, -0.2) is 13.1 Å². The summed E-state index contributed by atoms with van der Waals surface area (Å²) in [5.41, 5.74) is 6.27. The summed E-state index contributed by atoms with van der Waals surface area (Å²) in [7, 11) is -4.07. The maximum absolute atomic E-state index is 12.4. The van der Waals surface area contributed by atoms with Crippen LogP contribution in [-0.4, -0.2) is 20.9 Å². The summed E-state index contributed by atoms with van der Waals surface area (Å²) >= 11 is 9.02. The molecule has 6 nitrogen and oxygen atoms in total. The maximum Gasteiger partial charge on any atom is 0.264 e. The number of benzene rings is 2. The number of nitrogens with two attached hydrogens (primary N) is 1. The summed E-state index contributed by atoms with van der Waals surface area (Å²) < 4.78 is 32.5. The Morgan fingerprint density at radius 1 is 1.28 bits per heavy atom. The lowest BCUT2D eigenvalue weighted by atomic mass is 10.1. The first kappa shape index (κ1) is 19.7. The fraction of sp³-hybridized carbons (Fsp3) is 0.188. The molecule has 0 heterocycles. The van der Waals surface area contributed by atoms with Crippen molar-refractivity contribution in [1.29, 1.82) is 0 Å². The number of ether oxygens (including phenoxy) is 1. The van der Waals surface area contributed by atoms with Crippen LogP contribution in [-0.2, 0) is 14.8 Å². The molecule has 0 radical (unpaired) electrons. The van der Waals surface area contributed by atoms with E-state index in [4.69, 9.17) is 22.1 Å². The van der Waals surface area contributed by atoms with E-state index in [2.05, 4.69) is 15.9 Å². The standard InChI is InChI=1S/C16H16BrClN2O4S/c1-2-24-14-8-7-12(9-13(14)17)25(22,23)20-16(21)15(19)10-3-5-11(18)6-4-10/h3-9,15H,2,19H2,1H3,(H,20,21). The molecule has 2 aromatic rings. The summed E-state index contributed by atoms with van der Waals surface area (Å²) in [6.45, 7) is 2.26. The largest absolute Gasteiger partial charge is 0.493 e. The first-order chi connectivity index (χ1) is 11.7. The van der Waals surface area contributed by atoms with Gasteiger partial charge in [0.25, 0.3) is 15.9 Å². The van der Waals surface area contributed by atoms with Crippen LogP contribution < -0.4 is 15.2 Å². The zero-order valence-electron chi connectivity index (χ0n) is 13.2. The maximum atomic E-state index is 12.4. The van der Waals surface area contributed by atoms with Gasteiger partial charge < -0.3 is 10.5 Å². The number of sulfonamides is 1. The first-order valence-electron chi connectivity index (χ1n) is 7.24. The van der Waals surface area contributed by atoms with Crippen LogP contribution in [0.2, 0.25) is 5.02 Å². The van der Waals surface area contributed by atoms with Crippen molar-refractivity contribution in [1.82, 2.24) is 4.72 Å². The van der Waals surface area contributed by atoms with Crippen LogP contribution in [0.4, 0.5) is 0 Å². The highest BCUT2D eigenvalue weighted by atomic mass is 79.9. The molecular weight excluding hydrogens is 432 g/mol. The van der Waals surface area contributed by atoms with Crippen LogP contribution >= 0.6 is 27.5 Å². The molecule has 0 aromatic heterocycles. The van der Waals surface area contributed by atoms with Crippen LogP contribution in [0.25, 0.3) is 0 Å². The minimum atomic E-state index is -4.07. The number of rotatable bonds is 6. The number of amides is 1. The van der Waals surface area contributed by atoms with Gasteiger partial charge in [-0.1, -0.05) is 23.7 Å². The molecule has 1 unspecified atom stereocenters. The average molecular weight is 448 g/mol. The molecule has 0 bridgehead atoms.